The lowest BCUT2D eigenvalue weighted by Crippen LogP contribution is -2.21. The van der Waals surface area contributed by atoms with Gasteiger partial charge in [-0.1, -0.05) is 67.6 Å². The highest BCUT2D eigenvalue weighted by Crippen LogP contribution is 2.35. The third kappa shape index (κ3) is 4.08. The summed E-state index contributed by atoms with van der Waals surface area (Å²) < 4.78 is 5.28. The number of aliphatic hydroxyl groups is 1. The Morgan fingerprint density at radius 2 is 1.56 bits per heavy atom. The van der Waals surface area contributed by atoms with E-state index in [1.54, 1.807) is 11.8 Å². The number of cyclic esters (lactones) is 1. The molecule has 0 spiro atoms. The normalized spacial score (nSPS) is 19.9. The largest absolute Gasteiger partial charge is 0.510 e. The van der Waals surface area contributed by atoms with Crippen molar-refractivity contribution >= 4 is 23.5 Å². The molecule has 3 rings (SSSR count). The highest BCUT2D eigenvalue weighted by Gasteiger charge is 2.43. The van der Waals surface area contributed by atoms with Crippen LogP contribution in [0.25, 0.3) is 0 Å². The predicted octanol–water partition coefficient (Wildman–Crippen LogP) is 4.27. The van der Waals surface area contributed by atoms with Crippen molar-refractivity contribution in [3.63, 3.8) is 0 Å². The zero-order chi connectivity index (χ0) is 19.4. The van der Waals surface area contributed by atoms with Crippen LogP contribution in [-0.2, 0) is 14.3 Å². The SMILES string of the molecule is CSC(C)CC1OC(=O)C(=C(O)C(c2ccccc2)c2ccccc2)C1=O. The molecule has 1 aliphatic heterocycles. The number of aliphatic hydroxyl groups excluding tert-OH is 1. The molecule has 0 aliphatic carbocycles. The lowest BCUT2D eigenvalue weighted by Gasteiger charge is -2.18. The van der Waals surface area contributed by atoms with E-state index in [-0.39, 0.29) is 16.6 Å². The molecule has 2 aromatic rings. The Balaban J connectivity index is 2.04. The van der Waals surface area contributed by atoms with Crippen molar-refractivity contribution < 1.29 is 19.4 Å². The van der Waals surface area contributed by atoms with E-state index >= 15 is 0 Å². The van der Waals surface area contributed by atoms with Crippen molar-refractivity contribution in [2.75, 3.05) is 6.26 Å². The van der Waals surface area contributed by atoms with E-state index in [0.717, 1.165) is 11.1 Å². The van der Waals surface area contributed by atoms with E-state index in [0.29, 0.717) is 6.42 Å². The number of hydrogen-bond acceptors (Lipinski definition) is 5. The quantitative estimate of drug-likeness (QED) is 0.350. The van der Waals surface area contributed by atoms with Gasteiger partial charge in [-0.3, -0.25) is 4.79 Å². The van der Waals surface area contributed by atoms with Crippen LogP contribution >= 0.6 is 11.8 Å². The third-order valence-electron chi connectivity index (χ3n) is 4.74. The Hall–Kier alpha value is -2.53. The average molecular weight is 382 g/mol. The zero-order valence-corrected chi connectivity index (χ0v) is 16.1. The lowest BCUT2D eigenvalue weighted by molar-refractivity contribution is -0.141. The lowest BCUT2D eigenvalue weighted by atomic mass is 9.86. The van der Waals surface area contributed by atoms with Gasteiger partial charge in [0.25, 0.3) is 0 Å². The molecule has 2 atom stereocenters. The van der Waals surface area contributed by atoms with Crippen LogP contribution in [0.1, 0.15) is 30.4 Å². The summed E-state index contributed by atoms with van der Waals surface area (Å²) in [5.41, 5.74) is 1.37. The van der Waals surface area contributed by atoms with Crippen LogP contribution < -0.4 is 0 Å². The van der Waals surface area contributed by atoms with Gasteiger partial charge in [0, 0.05) is 11.7 Å². The van der Waals surface area contributed by atoms with Gasteiger partial charge in [0.2, 0.25) is 5.78 Å². The van der Waals surface area contributed by atoms with E-state index in [4.69, 9.17) is 4.74 Å². The van der Waals surface area contributed by atoms with Gasteiger partial charge in [0.05, 0.1) is 5.92 Å². The first-order chi connectivity index (χ1) is 13.0. The molecule has 140 valence electrons. The van der Waals surface area contributed by atoms with E-state index in [9.17, 15) is 14.7 Å². The van der Waals surface area contributed by atoms with Crippen molar-refractivity contribution in [3.8, 4) is 0 Å². The second-order valence-corrected chi connectivity index (χ2v) is 7.83. The molecule has 0 aromatic heterocycles. The van der Waals surface area contributed by atoms with Crippen LogP contribution in [-0.4, -0.2) is 34.5 Å². The average Bonchev–Trinajstić information content (AvgIpc) is 2.96. The summed E-state index contributed by atoms with van der Waals surface area (Å²) >= 11 is 1.60. The molecule has 0 saturated carbocycles. The van der Waals surface area contributed by atoms with E-state index < -0.39 is 23.8 Å². The number of benzene rings is 2. The summed E-state index contributed by atoms with van der Waals surface area (Å²) in [6.07, 6.45) is 1.55. The van der Waals surface area contributed by atoms with Gasteiger partial charge in [-0.05, 0) is 17.4 Å². The molecule has 27 heavy (non-hydrogen) atoms. The highest BCUT2D eigenvalue weighted by molar-refractivity contribution is 7.99. The number of allylic oxidation sites excluding steroid dienone is 1. The number of rotatable bonds is 6. The predicted molar refractivity (Wildman–Crippen MR) is 107 cm³/mol. The summed E-state index contributed by atoms with van der Waals surface area (Å²) in [6.45, 7) is 1.98. The van der Waals surface area contributed by atoms with Crippen molar-refractivity contribution in [2.45, 2.75) is 30.6 Å². The molecule has 2 unspecified atom stereocenters. The fourth-order valence-electron chi connectivity index (χ4n) is 3.23. The van der Waals surface area contributed by atoms with Crippen LogP contribution in [0.5, 0.6) is 0 Å². The summed E-state index contributed by atoms with van der Waals surface area (Å²) in [5.74, 6) is -2.03. The maximum atomic E-state index is 12.8. The third-order valence-corrected chi connectivity index (χ3v) is 5.73. The number of Topliss-reactive ketones (excluding diaryl/α,β-unsaturated/α-hetero) is 1. The highest BCUT2D eigenvalue weighted by atomic mass is 32.2. The molecule has 1 fully saturated rings. The minimum Gasteiger partial charge on any atom is -0.510 e. The first-order valence-corrected chi connectivity index (χ1v) is 10.1. The summed E-state index contributed by atoms with van der Waals surface area (Å²) in [5, 5.41) is 11.2. The van der Waals surface area contributed by atoms with Crippen molar-refractivity contribution in [1.82, 2.24) is 0 Å². The van der Waals surface area contributed by atoms with Gasteiger partial charge in [-0.15, -0.1) is 0 Å². The van der Waals surface area contributed by atoms with Gasteiger partial charge in [-0.25, -0.2) is 4.79 Å². The second-order valence-electron chi connectivity index (χ2n) is 6.55. The van der Waals surface area contributed by atoms with Crippen LogP contribution in [0, 0.1) is 0 Å². The monoisotopic (exact) mass is 382 g/mol. The number of carbonyl (C=O) groups is 2. The second kappa shape index (κ2) is 8.44. The smallest absolute Gasteiger partial charge is 0.346 e. The van der Waals surface area contributed by atoms with Crippen LogP contribution in [0.15, 0.2) is 72.0 Å². The van der Waals surface area contributed by atoms with Gasteiger partial charge in [0.1, 0.15) is 11.3 Å². The Kier molecular flexibility index (Phi) is 6.01. The Bertz CT molecular complexity index is 806. The van der Waals surface area contributed by atoms with E-state index in [1.165, 1.54) is 0 Å². The van der Waals surface area contributed by atoms with E-state index in [1.807, 2.05) is 73.8 Å². The molecular formula is C22H22O4S. The molecule has 1 saturated heterocycles. The number of carbonyl (C=O) groups excluding carboxylic acids is 2. The Morgan fingerprint density at radius 3 is 2.04 bits per heavy atom. The molecule has 5 heteroatoms. The van der Waals surface area contributed by atoms with Crippen molar-refractivity contribution in [3.05, 3.63) is 83.1 Å². The first-order valence-electron chi connectivity index (χ1n) is 8.84. The van der Waals surface area contributed by atoms with Crippen LogP contribution in [0.4, 0.5) is 0 Å². The molecule has 0 bridgehead atoms. The number of esters is 1. The molecule has 1 N–H and O–H groups in total. The van der Waals surface area contributed by atoms with Crippen LogP contribution in [0.3, 0.4) is 0 Å². The summed E-state index contributed by atoms with van der Waals surface area (Å²) in [6, 6.07) is 18.7. The topological polar surface area (TPSA) is 63.6 Å². The summed E-state index contributed by atoms with van der Waals surface area (Å²) in [4.78, 5) is 25.2. The fraction of sp³-hybridized carbons (Fsp3) is 0.273. The van der Waals surface area contributed by atoms with Gasteiger partial charge in [-0.2, -0.15) is 11.8 Å². The number of hydrogen-bond donors (Lipinski definition) is 1. The minimum absolute atomic E-state index is 0.173. The van der Waals surface area contributed by atoms with Gasteiger partial charge in [0.15, 0.2) is 6.10 Å². The zero-order valence-electron chi connectivity index (χ0n) is 15.3. The number of ketones is 1. The molecule has 0 amide bonds. The molecule has 1 aliphatic rings. The van der Waals surface area contributed by atoms with Crippen molar-refractivity contribution in [1.29, 1.82) is 0 Å². The Labute approximate surface area is 163 Å². The molecule has 2 aromatic carbocycles. The maximum Gasteiger partial charge on any atom is 0.346 e. The van der Waals surface area contributed by atoms with Gasteiger partial charge >= 0.3 is 5.97 Å². The number of thioether (sulfide) groups is 1. The molecule has 1 heterocycles. The van der Waals surface area contributed by atoms with Gasteiger partial charge < -0.3 is 9.84 Å². The fourth-order valence-corrected chi connectivity index (χ4v) is 3.60. The molecule has 4 nitrogen and oxygen atoms in total. The minimum atomic E-state index is -0.829. The van der Waals surface area contributed by atoms with Crippen LogP contribution in [0.2, 0.25) is 0 Å². The summed E-state index contributed by atoms with van der Waals surface area (Å²) in [7, 11) is 0. The molecular weight excluding hydrogens is 360 g/mol. The maximum absolute atomic E-state index is 12.8. The standard InChI is InChI=1S/C22H22O4S/c1-14(27-2)13-17-20(23)19(22(25)26-17)21(24)18(15-9-5-3-6-10-15)16-11-7-4-8-12-16/h3-12,14,17-18,24H,13H2,1-2H3. The molecule has 0 radical (unpaired) electrons. The first kappa shape index (κ1) is 19.2. The van der Waals surface area contributed by atoms with Crippen molar-refractivity contribution in [2.24, 2.45) is 0 Å². The van der Waals surface area contributed by atoms with E-state index in [2.05, 4.69) is 0 Å². The number of ether oxygens (including phenoxy) is 1. The Morgan fingerprint density at radius 1 is 1.04 bits per heavy atom.